The molecule has 4 heteroatoms. The normalized spacial score (nSPS) is 25.3. The van der Waals surface area contributed by atoms with Crippen molar-refractivity contribution in [3.8, 4) is 0 Å². The van der Waals surface area contributed by atoms with Gasteiger partial charge in [0, 0.05) is 28.9 Å². The van der Waals surface area contributed by atoms with Gasteiger partial charge in [0.25, 0.3) is 5.91 Å². The number of nitrogens with one attached hydrogen (secondary N) is 1. The maximum absolute atomic E-state index is 13.6. The molecule has 1 amide bonds. The van der Waals surface area contributed by atoms with Crippen LogP contribution in [0.4, 0.5) is 0 Å². The minimum Gasteiger partial charge on any atom is -0.349 e. The van der Waals surface area contributed by atoms with Crippen molar-refractivity contribution >= 4 is 27.7 Å². The largest absolute Gasteiger partial charge is 0.349 e. The van der Waals surface area contributed by atoms with Gasteiger partial charge >= 0.3 is 0 Å². The minimum atomic E-state index is 0.0413. The number of nitrogens with zero attached hydrogens (tertiary/aromatic N) is 2. The van der Waals surface area contributed by atoms with Crippen molar-refractivity contribution in [3.05, 3.63) is 89.5 Å². The molecule has 2 bridgehead atoms. The summed E-state index contributed by atoms with van der Waals surface area (Å²) in [5.74, 6) is 0.809. The maximum Gasteiger partial charge on any atom is 0.252 e. The number of carbonyl (C=O) groups is 1. The van der Waals surface area contributed by atoms with Crippen molar-refractivity contribution in [1.82, 2.24) is 15.2 Å². The third kappa shape index (κ3) is 3.70. The van der Waals surface area contributed by atoms with Crippen LogP contribution < -0.4 is 5.32 Å². The summed E-state index contributed by atoms with van der Waals surface area (Å²) in [6.07, 6.45) is 8.48. The number of pyridine rings is 1. The molecule has 4 nitrogen and oxygen atoms in total. The van der Waals surface area contributed by atoms with Gasteiger partial charge in [-0.2, -0.15) is 0 Å². The molecule has 1 aliphatic carbocycles. The lowest BCUT2D eigenvalue weighted by Crippen LogP contribution is -2.38. The second kappa shape index (κ2) is 9.01. The van der Waals surface area contributed by atoms with Gasteiger partial charge in [-0.3, -0.25) is 9.69 Å². The van der Waals surface area contributed by atoms with E-state index in [1.54, 1.807) is 11.1 Å². The highest BCUT2D eigenvalue weighted by Gasteiger charge is 2.43. The number of fused-ring (bicyclic) bond motifs is 7. The summed E-state index contributed by atoms with van der Waals surface area (Å²) in [5.41, 5.74) is 5.68. The highest BCUT2D eigenvalue weighted by atomic mass is 16.1. The third-order valence-corrected chi connectivity index (χ3v) is 9.02. The molecule has 7 rings (SSSR count). The zero-order chi connectivity index (χ0) is 24.1. The van der Waals surface area contributed by atoms with E-state index in [1.807, 2.05) is 48.5 Å². The van der Waals surface area contributed by atoms with Gasteiger partial charge in [-0.05, 0) is 80.7 Å². The summed E-state index contributed by atoms with van der Waals surface area (Å²) >= 11 is 0. The molecule has 3 heterocycles. The van der Waals surface area contributed by atoms with Crippen LogP contribution in [0.5, 0.6) is 0 Å². The van der Waals surface area contributed by atoms with Gasteiger partial charge in [0.05, 0.1) is 16.6 Å². The van der Waals surface area contributed by atoms with E-state index in [0.717, 1.165) is 46.1 Å². The SMILES string of the molecule is O=C(NC1CCC(CCN2C3CCC2c2ccccc23)CC1)c1c2ccccc2nc2ccccc12. The van der Waals surface area contributed by atoms with E-state index < -0.39 is 0 Å². The summed E-state index contributed by atoms with van der Waals surface area (Å²) in [6.45, 7) is 1.21. The fourth-order valence-electron chi connectivity index (χ4n) is 7.23. The number of rotatable bonds is 5. The molecule has 2 aliphatic heterocycles. The monoisotopic (exact) mass is 475 g/mol. The molecular weight excluding hydrogens is 442 g/mol. The molecule has 1 aromatic heterocycles. The Morgan fingerprint density at radius 2 is 1.31 bits per heavy atom. The lowest BCUT2D eigenvalue weighted by molar-refractivity contribution is 0.0922. The smallest absolute Gasteiger partial charge is 0.252 e. The molecule has 2 atom stereocenters. The zero-order valence-corrected chi connectivity index (χ0v) is 20.7. The Hall–Kier alpha value is -3.24. The summed E-state index contributed by atoms with van der Waals surface area (Å²) in [6, 6.07) is 26.6. The van der Waals surface area contributed by atoms with Crippen LogP contribution in [0, 0.1) is 5.92 Å². The third-order valence-electron chi connectivity index (χ3n) is 9.02. The first-order chi connectivity index (χ1) is 17.8. The Balaban J connectivity index is 0.995. The van der Waals surface area contributed by atoms with Gasteiger partial charge in [-0.25, -0.2) is 4.98 Å². The zero-order valence-electron chi connectivity index (χ0n) is 20.7. The predicted octanol–water partition coefficient (Wildman–Crippen LogP) is 6.96. The number of para-hydroxylation sites is 2. The molecule has 182 valence electrons. The van der Waals surface area contributed by atoms with Crippen molar-refractivity contribution in [2.45, 2.75) is 63.1 Å². The number of benzene rings is 3. The average Bonchev–Trinajstić information content (AvgIpc) is 3.47. The lowest BCUT2D eigenvalue weighted by atomic mass is 9.83. The molecule has 4 aromatic rings. The van der Waals surface area contributed by atoms with Gasteiger partial charge in [0.1, 0.15) is 0 Å². The number of carbonyl (C=O) groups excluding carboxylic acids is 1. The van der Waals surface area contributed by atoms with E-state index in [2.05, 4.69) is 34.5 Å². The fraction of sp³-hybridized carbons (Fsp3) is 0.375. The van der Waals surface area contributed by atoms with E-state index in [9.17, 15) is 4.79 Å². The van der Waals surface area contributed by atoms with Crippen molar-refractivity contribution in [3.63, 3.8) is 0 Å². The van der Waals surface area contributed by atoms with E-state index in [-0.39, 0.29) is 11.9 Å². The quantitative estimate of drug-likeness (QED) is 0.317. The molecular formula is C32H33N3O. The van der Waals surface area contributed by atoms with E-state index in [0.29, 0.717) is 12.1 Å². The second-order valence-electron chi connectivity index (χ2n) is 11.0. The molecule has 0 radical (unpaired) electrons. The Labute approximate surface area is 212 Å². The molecule has 1 saturated heterocycles. The molecule has 36 heavy (non-hydrogen) atoms. The first kappa shape index (κ1) is 22.0. The standard InChI is InChI=1S/C32H33N3O/c36-32(31-25-9-3-5-11-27(25)34-28-12-6-4-10-26(28)31)33-22-15-13-21(14-16-22)19-20-35-29-17-18-30(35)24-8-2-1-7-23(24)29/h1-12,21-22,29-30H,13-20H2,(H,33,36). The van der Waals surface area contributed by atoms with Gasteiger partial charge in [-0.15, -0.1) is 0 Å². The number of hydrogen-bond donors (Lipinski definition) is 1. The van der Waals surface area contributed by atoms with Crippen LogP contribution in [0.3, 0.4) is 0 Å². The van der Waals surface area contributed by atoms with Crippen LogP contribution in [-0.4, -0.2) is 28.4 Å². The molecule has 0 spiro atoms. The van der Waals surface area contributed by atoms with Gasteiger partial charge in [0.15, 0.2) is 0 Å². The Bertz CT molecular complexity index is 1350. The number of amides is 1. The summed E-state index contributed by atoms with van der Waals surface area (Å²) in [7, 11) is 0. The van der Waals surface area contributed by atoms with Gasteiger partial charge in [-0.1, -0.05) is 60.7 Å². The van der Waals surface area contributed by atoms with Crippen LogP contribution >= 0.6 is 0 Å². The molecule has 2 unspecified atom stereocenters. The molecule has 1 saturated carbocycles. The first-order valence-electron chi connectivity index (χ1n) is 13.7. The molecule has 3 aliphatic rings. The maximum atomic E-state index is 13.6. The fourth-order valence-corrected chi connectivity index (χ4v) is 7.23. The predicted molar refractivity (Wildman–Crippen MR) is 145 cm³/mol. The van der Waals surface area contributed by atoms with Crippen LogP contribution in [0.1, 0.15) is 78.5 Å². The number of hydrogen-bond acceptors (Lipinski definition) is 3. The molecule has 2 fully saturated rings. The van der Waals surface area contributed by atoms with Crippen molar-refractivity contribution in [2.24, 2.45) is 5.92 Å². The highest BCUT2D eigenvalue weighted by Crippen LogP contribution is 2.53. The lowest BCUT2D eigenvalue weighted by Gasteiger charge is -2.31. The van der Waals surface area contributed by atoms with Crippen LogP contribution in [0.25, 0.3) is 21.8 Å². The van der Waals surface area contributed by atoms with Crippen LogP contribution in [0.2, 0.25) is 0 Å². The van der Waals surface area contributed by atoms with E-state index in [1.165, 1.54) is 38.6 Å². The van der Waals surface area contributed by atoms with Crippen molar-refractivity contribution < 1.29 is 4.79 Å². The summed E-state index contributed by atoms with van der Waals surface area (Å²) in [5, 5.41) is 5.26. The molecule has 3 aromatic carbocycles. The average molecular weight is 476 g/mol. The Kier molecular flexibility index (Phi) is 5.50. The van der Waals surface area contributed by atoms with Crippen molar-refractivity contribution in [2.75, 3.05) is 6.54 Å². The van der Waals surface area contributed by atoms with Gasteiger partial charge in [0.2, 0.25) is 0 Å². The van der Waals surface area contributed by atoms with E-state index >= 15 is 0 Å². The molecule has 1 N–H and O–H groups in total. The summed E-state index contributed by atoms with van der Waals surface area (Å²) < 4.78 is 0. The minimum absolute atomic E-state index is 0.0413. The van der Waals surface area contributed by atoms with Crippen LogP contribution in [-0.2, 0) is 0 Å². The summed E-state index contributed by atoms with van der Waals surface area (Å²) in [4.78, 5) is 21.1. The highest BCUT2D eigenvalue weighted by molar-refractivity contribution is 6.16. The Morgan fingerprint density at radius 1 is 0.750 bits per heavy atom. The second-order valence-corrected chi connectivity index (χ2v) is 11.0. The van der Waals surface area contributed by atoms with Crippen molar-refractivity contribution in [1.29, 1.82) is 0 Å². The van der Waals surface area contributed by atoms with Gasteiger partial charge < -0.3 is 5.32 Å². The van der Waals surface area contributed by atoms with E-state index in [4.69, 9.17) is 4.98 Å². The Morgan fingerprint density at radius 3 is 1.92 bits per heavy atom. The van der Waals surface area contributed by atoms with Crippen LogP contribution in [0.15, 0.2) is 72.8 Å². The topological polar surface area (TPSA) is 45.2 Å². The first-order valence-corrected chi connectivity index (χ1v) is 13.7. The number of aromatic nitrogens is 1.